The molecule has 166 valence electrons. The normalized spacial score (nSPS) is 15.0. The van der Waals surface area contributed by atoms with Crippen LogP contribution in [-0.4, -0.2) is 35.1 Å². The number of aryl methyl sites for hydroxylation is 3. The maximum Gasteiger partial charge on any atom is 0.274 e. The molecule has 3 heterocycles. The van der Waals surface area contributed by atoms with Gasteiger partial charge < -0.3 is 24.3 Å². The number of halogens is 1. The number of carbonyl (C=O) groups excluding carboxylic acids is 1. The summed E-state index contributed by atoms with van der Waals surface area (Å²) >= 11 is 0. The van der Waals surface area contributed by atoms with Gasteiger partial charge in [-0.25, -0.2) is 4.39 Å². The molecule has 1 fully saturated rings. The molecule has 8 heteroatoms. The predicted molar refractivity (Wildman–Crippen MR) is 120 cm³/mol. The lowest BCUT2D eigenvalue weighted by atomic mass is 10.0. The molecule has 0 aliphatic carbocycles. The van der Waals surface area contributed by atoms with Crippen molar-refractivity contribution in [3.8, 4) is 5.75 Å². The van der Waals surface area contributed by atoms with E-state index in [9.17, 15) is 14.0 Å². The molecule has 0 unspecified atom stereocenters. The van der Waals surface area contributed by atoms with Gasteiger partial charge in [0.05, 0.1) is 19.3 Å². The lowest BCUT2D eigenvalue weighted by Crippen LogP contribution is -2.43. The highest BCUT2D eigenvalue weighted by Crippen LogP contribution is 2.31. The van der Waals surface area contributed by atoms with Crippen molar-refractivity contribution in [2.24, 2.45) is 7.05 Å². The highest BCUT2D eigenvalue weighted by molar-refractivity contribution is 5.99. The molecule has 1 aliphatic rings. The van der Waals surface area contributed by atoms with E-state index in [-0.39, 0.29) is 23.2 Å². The van der Waals surface area contributed by atoms with Gasteiger partial charge in [0.1, 0.15) is 17.1 Å². The maximum atomic E-state index is 13.8. The summed E-state index contributed by atoms with van der Waals surface area (Å²) in [5.41, 5.74) is 2.52. The average molecular weight is 437 g/mol. The number of aldehydes is 1. The van der Waals surface area contributed by atoms with E-state index in [1.165, 1.54) is 16.7 Å². The Bertz CT molecular complexity index is 1280. The van der Waals surface area contributed by atoms with Gasteiger partial charge >= 0.3 is 0 Å². The fourth-order valence-corrected chi connectivity index (χ4v) is 3.70. The SMILES string of the molecule is Cc1cc(F)cc(C)c1O/C(C=O)=C(/C=C\NC1COC1)c1cn(C)c(=O)c2[nH]ccc12. The summed E-state index contributed by atoms with van der Waals surface area (Å²) in [5.74, 6) is 0.0878. The number of H-pyrrole nitrogens is 1. The zero-order valence-electron chi connectivity index (χ0n) is 18.1. The van der Waals surface area contributed by atoms with Gasteiger partial charge in [-0.3, -0.25) is 9.59 Å². The third-order valence-corrected chi connectivity index (χ3v) is 5.41. The van der Waals surface area contributed by atoms with Crippen LogP contribution in [0.4, 0.5) is 4.39 Å². The van der Waals surface area contributed by atoms with Crippen molar-refractivity contribution in [3.63, 3.8) is 0 Å². The zero-order valence-corrected chi connectivity index (χ0v) is 18.1. The third-order valence-electron chi connectivity index (χ3n) is 5.41. The fraction of sp³-hybridized carbons (Fsp3) is 0.250. The minimum absolute atomic E-state index is 0.0480. The van der Waals surface area contributed by atoms with E-state index < -0.39 is 0 Å². The number of carbonyl (C=O) groups is 1. The van der Waals surface area contributed by atoms with Gasteiger partial charge in [-0.15, -0.1) is 0 Å². The monoisotopic (exact) mass is 437 g/mol. The molecule has 1 saturated heterocycles. The molecule has 0 bridgehead atoms. The number of benzene rings is 1. The predicted octanol–water partition coefficient (Wildman–Crippen LogP) is 3.11. The van der Waals surface area contributed by atoms with Crippen LogP contribution in [-0.2, 0) is 16.6 Å². The Morgan fingerprint density at radius 2 is 2.03 bits per heavy atom. The van der Waals surface area contributed by atoms with Gasteiger partial charge in [0.2, 0.25) is 0 Å². The quantitative estimate of drug-likeness (QED) is 0.257. The summed E-state index contributed by atoms with van der Waals surface area (Å²) in [4.78, 5) is 27.7. The summed E-state index contributed by atoms with van der Waals surface area (Å²) in [7, 11) is 1.65. The molecule has 4 rings (SSSR count). The standard InChI is InChI=1S/C24H24FN3O4/c1-14-8-16(25)9-15(2)23(14)32-21(11-29)18(4-6-26-17-12-31-13-17)20-10-28(3)24(30)22-19(20)5-7-27-22/h4-11,17,26-27H,12-13H2,1-3H3/b6-4-,21-18-. The van der Waals surface area contributed by atoms with Gasteiger partial charge in [-0.1, -0.05) is 0 Å². The van der Waals surface area contributed by atoms with Crippen LogP contribution in [0.3, 0.4) is 0 Å². The Hall–Kier alpha value is -3.65. The highest BCUT2D eigenvalue weighted by atomic mass is 19.1. The second-order valence-electron chi connectivity index (χ2n) is 7.83. The van der Waals surface area contributed by atoms with E-state index in [0.29, 0.717) is 58.4 Å². The lowest BCUT2D eigenvalue weighted by molar-refractivity contribution is -0.106. The van der Waals surface area contributed by atoms with Crippen molar-refractivity contribution >= 4 is 22.8 Å². The molecule has 2 N–H and O–H groups in total. The van der Waals surface area contributed by atoms with Crippen molar-refractivity contribution in [2.75, 3.05) is 13.2 Å². The Balaban J connectivity index is 1.87. The molecule has 0 saturated carbocycles. The van der Waals surface area contributed by atoms with Crippen molar-refractivity contribution < 1.29 is 18.7 Å². The number of hydrogen-bond donors (Lipinski definition) is 2. The van der Waals surface area contributed by atoms with Gasteiger partial charge in [0.25, 0.3) is 5.56 Å². The number of pyridine rings is 1. The van der Waals surface area contributed by atoms with Crippen molar-refractivity contribution in [1.82, 2.24) is 14.9 Å². The van der Waals surface area contributed by atoms with Crippen molar-refractivity contribution in [3.05, 3.63) is 81.5 Å². The van der Waals surface area contributed by atoms with E-state index in [1.54, 1.807) is 51.6 Å². The van der Waals surface area contributed by atoms with E-state index in [0.717, 1.165) is 0 Å². The molecule has 0 radical (unpaired) electrons. The number of nitrogens with zero attached hydrogens (tertiary/aromatic N) is 1. The van der Waals surface area contributed by atoms with Crippen LogP contribution < -0.4 is 15.6 Å². The molecule has 1 aromatic carbocycles. The second kappa shape index (κ2) is 8.84. The second-order valence-corrected chi connectivity index (χ2v) is 7.83. The van der Waals surface area contributed by atoms with E-state index in [4.69, 9.17) is 9.47 Å². The Morgan fingerprint density at radius 3 is 2.66 bits per heavy atom. The third kappa shape index (κ3) is 4.09. The first-order chi connectivity index (χ1) is 15.4. The highest BCUT2D eigenvalue weighted by Gasteiger charge is 2.19. The van der Waals surface area contributed by atoms with Gasteiger partial charge in [-0.05, 0) is 55.4 Å². The molecule has 2 aromatic heterocycles. The molecule has 32 heavy (non-hydrogen) atoms. The van der Waals surface area contributed by atoms with Crippen LogP contribution in [0.5, 0.6) is 5.75 Å². The van der Waals surface area contributed by atoms with Crippen LogP contribution in [0.25, 0.3) is 16.5 Å². The first-order valence-corrected chi connectivity index (χ1v) is 10.2. The van der Waals surface area contributed by atoms with Crippen LogP contribution in [0, 0.1) is 19.7 Å². The first-order valence-electron chi connectivity index (χ1n) is 10.2. The maximum absolute atomic E-state index is 13.8. The van der Waals surface area contributed by atoms with Gasteiger partial charge in [0, 0.05) is 36.0 Å². The number of fused-ring (bicyclic) bond motifs is 1. The summed E-state index contributed by atoms with van der Waals surface area (Å²) in [6.45, 7) is 4.66. The Labute approximate surface area is 184 Å². The summed E-state index contributed by atoms with van der Waals surface area (Å²) < 4.78 is 26.4. The van der Waals surface area contributed by atoms with Crippen LogP contribution in [0.1, 0.15) is 16.7 Å². The lowest BCUT2D eigenvalue weighted by Gasteiger charge is -2.26. The number of aromatic amines is 1. The molecular formula is C24H24FN3O4. The largest absolute Gasteiger partial charge is 0.453 e. The Morgan fingerprint density at radius 1 is 1.31 bits per heavy atom. The average Bonchev–Trinajstić information content (AvgIpc) is 3.20. The summed E-state index contributed by atoms with van der Waals surface area (Å²) in [6.07, 6.45) is 7.45. The number of rotatable bonds is 7. The number of hydrogen-bond acceptors (Lipinski definition) is 5. The van der Waals surface area contributed by atoms with Gasteiger partial charge in [0.15, 0.2) is 12.0 Å². The number of nitrogens with one attached hydrogen (secondary N) is 2. The smallest absolute Gasteiger partial charge is 0.274 e. The molecule has 7 nitrogen and oxygen atoms in total. The van der Waals surface area contributed by atoms with Crippen molar-refractivity contribution in [1.29, 1.82) is 0 Å². The number of ether oxygens (including phenoxy) is 2. The minimum atomic E-state index is -0.372. The number of allylic oxidation sites excluding steroid dienone is 3. The molecule has 0 atom stereocenters. The molecular weight excluding hydrogens is 413 g/mol. The number of aromatic nitrogens is 2. The molecule has 0 amide bonds. The van der Waals surface area contributed by atoms with E-state index in [1.807, 2.05) is 0 Å². The van der Waals surface area contributed by atoms with E-state index >= 15 is 0 Å². The zero-order chi connectivity index (χ0) is 22.8. The minimum Gasteiger partial charge on any atom is -0.453 e. The summed E-state index contributed by atoms with van der Waals surface area (Å²) in [5, 5.41) is 3.89. The molecule has 0 spiro atoms. The van der Waals surface area contributed by atoms with E-state index in [2.05, 4.69) is 10.3 Å². The molecule has 3 aromatic rings. The van der Waals surface area contributed by atoms with Gasteiger partial charge in [-0.2, -0.15) is 0 Å². The summed E-state index contributed by atoms with van der Waals surface area (Å²) in [6, 6.07) is 4.69. The van der Waals surface area contributed by atoms with Crippen LogP contribution in [0.15, 0.2) is 53.4 Å². The Kier molecular flexibility index (Phi) is 5.96. The van der Waals surface area contributed by atoms with Crippen LogP contribution >= 0.6 is 0 Å². The fourth-order valence-electron chi connectivity index (χ4n) is 3.70. The first kappa shape index (κ1) is 21.6. The van der Waals surface area contributed by atoms with Crippen molar-refractivity contribution in [2.45, 2.75) is 19.9 Å². The topological polar surface area (TPSA) is 85.3 Å². The molecule has 1 aliphatic heterocycles. The van der Waals surface area contributed by atoms with Crippen LogP contribution in [0.2, 0.25) is 0 Å².